The molecule has 2 rings (SSSR count). The van der Waals surface area contributed by atoms with E-state index in [1.54, 1.807) is 18.2 Å². The van der Waals surface area contributed by atoms with Gasteiger partial charge < -0.3 is 9.47 Å². The molecule has 0 aromatic heterocycles. The van der Waals surface area contributed by atoms with Crippen molar-refractivity contribution < 1.29 is 14.4 Å². The van der Waals surface area contributed by atoms with Gasteiger partial charge in [-0.2, -0.15) is 0 Å². The molecule has 110 valence electrons. The molecule has 0 amide bonds. The molecule has 0 N–H and O–H groups in total. The Morgan fingerprint density at radius 1 is 1.19 bits per heavy atom. The SMILES string of the molecule is COc1ccc([N+](=O)[O-])c(Oc2ccc(CCl)c(Cl)c2)c1. The average molecular weight is 328 g/mol. The standard InChI is InChI=1S/C14H11Cl2NO4/c1-20-10-4-5-13(17(18)19)14(7-10)21-11-3-2-9(8-15)12(16)6-11/h2-7H,8H2,1H3. The van der Waals surface area contributed by atoms with Crippen LogP contribution in [-0.2, 0) is 5.88 Å². The van der Waals surface area contributed by atoms with E-state index in [0.717, 1.165) is 5.56 Å². The topological polar surface area (TPSA) is 61.6 Å². The van der Waals surface area contributed by atoms with Crippen LogP contribution in [0, 0.1) is 10.1 Å². The second kappa shape index (κ2) is 6.65. The maximum absolute atomic E-state index is 11.0. The van der Waals surface area contributed by atoms with Gasteiger partial charge in [-0.25, -0.2) is 0 Å². The lowest BCUT2D eigenvalue weighted by atomic mass is 10.2. The smallest absolute Gasteiger partial charge is 0.311 e. The van der Waals surface area contributed by atoms with Crippen LogP contribution in [0.1, 0.15) is 5.56 Å². The Labute approximate surface area is 131 Å². The van der Waals surface area contributed by atoms with Crippen LogP contribution >= 0.6 is 23.2 Å². The maximum Gasteiger partial charge on any atom is 0.311 e. The van der Waals surface area contributed by atoms with Gasteiger partial charge in [0.2, 0.25) is 5.75 Å². The number of hydrogen-bond donors (Lipinski definition) is 0. The Morgan fingerprint density at radius 2 is 1.90 bits per heavy atom. The molecule has 5 nitrogen and oxygen atoms in total. The van der Waals surface area contributed by atoms with E-state index in [1.165, 1.54) is 25.3 Å². The first kappa shape index (κ1) is 15.4. The number of benzene rings is 2. The highest BCUT2D eigenvalue weighted by molar-refractivity contribution is 6.32. The summed E-state index contributed by atoms with van der Waals surface area (Å²) >= 11 is 11.8. The van der Waals surface area contributed by atoms with Crippen LogP contribution in [0.2, 0.25) is 5.02 Å². The van der Waals surface area contributed by atoms with E-state index in [4.69, 9.17) is 32.7 Å². The predicted molar refractivity (Wildman–Crippen MR) is 80.7 cm³/mol. The fraction of sp³-hybridized carbons (Fsp3) is 0.143. The van der Waals surface area contributed by atoms with Crippen LogP contribution in [0.15, 0.2) is 36.4 Å². The van der Waals surface area contributed by atoms with E-state index in [0.29, 0.717) is 16.5 Å². The Bertz CT molecular complexity index is 676. The molecule has 2 aromatic carbocycles. The third kappa shape index (κ3) is 3.56. The highest BCUT2D eigenvalue weighted by Crippen LogP contribution is 2.35. The van der Waals surface area contributed by atoms with Crippen molar-refractivity contribution in [3.63, 3.8) is 0 Å². The second-order valence-electron chi connectivity index (χ2n) is 4.08. The van der Waals surface area contributed by atoms with Gasteiger partial charge in [0.25, 0.3) is 0 Å². The van der Waals surface area contributed by atoms with Crippen LogP contribution in [0.25, 0.3) is 0 Å². The number of nitro benzene ring substituents is 1. The molecule has 0 heterocycles. The van der Waals surface area contributed by atoms with Crippen LogP contribution in [0.4, 0.5) is 5.69 Å². The normalized spacial score (nSPS) is 10.2. The van der Waals surface area contributed by atoms with Crippen LogP contribution < -0.4 is 9.47 Å². The van der Waals surface area contributed by atoms with Gasteiger partial charge >= 0.3 is 5.69 Å². The van der Waals surface area contributed by atoms with Crippen molar-refractivity contribution in [2.24, 2.45) is 0 Å². The molecule has 0 aliphatic carbocycles. The molecule has 7 heteroatoms. The third-order valence-corrected chi connectivity index (χ3v) is 3.40. The summed E-state index contributed by atoms with van der Waals surface area (Å²) < 4.78 is 10.6. The van der Waals surface area contributed by atoms with Gasteiger partial charge in [0.05, 0.1) is 12.0 Å². The summed E-state index contributed by atoms with van der Waals surface area (Å²) in [6, 6.07) is 9.17. The molecule has 0 saturated carbocycles. The van der Waals surface area contributed by atoms with Gasteiger partial charge in [-0.05, 0) is 23.8 Å². The molecule has 21 heavy (non-hydrogen) atoms. The lowest BCUT2D eigenvalue weighted by Crippen LogP contribution is -1.95. The summed E-state index contributed by atoms with van der Waals surface area (Å²) in [7, 11) is 1.47. The first-order valence-electron chi connectivity index (χ1n) is 5.90. The van der Waals surface area contributed by atoms with E-state index < -0.39 is 4.92 Å². The predicted octanol–water partition coefficient (Wildman–Crippen LogP) is 4.79. The van der Waals surface area contributed by atoms with Crippen molar-refractivity contribution >= 4 is 28.9 Å². The summed E-state index contributed by atoms with van der Waals surface area (Å²) in [6.07, 6.45) is 0. The number of alkyl halides is 1. The summed E-state index contributed by atoms with van der Waals surface area (Å²) in [5.74, 6) is 1.19. The first-order valence-corrected chi connectivity index (χ1v) is 6.81. The van der Waals surface area contributed by atoms with Crippen molar-refractivity contribution in [2.45, 2.75) is 5.88 Å². The quantitative estimate of drug-likeness (QED) is 0.450. The van der Waals surface area contributed by atoms with E-state index in [2.05, 4.69) is 0 Å². The lowest BCUT2D eigenvalue weighted by Gasteiger charge is -2.09. The lowest BCUT2D eigenvalue weighted by molar-refractivity contribution is -0.385. The molecule has 0 atom stereocenters. The number of nitro groups is 1. The van der Waals surface area contributed by atoms with Crippen molar-refractivity contribution in [3.8, 4) is 17.2 Å². The van der Waals surface area contributed by atoms with Gasteiger partial charge in [-0.1, -0.05) is 17.7 Å². The van der Waals surface area contributed by atoms with E-state index in [1.807, 2.05) is 0 Å². The van der Waals surface area contributed by atoms with Crippen LogP contribution in [-0.4, -0.2) is 12.0 Å². The van der Waals surface area contributed by atoms with E-state index in [-0.39, 0.29) is 17.3 Å². The zero-order valence-corrected chi connectivity index (χ0v) is 12.5. The van der Waals surface area contributed by atoms with Gasteiger partial charge in [-0.15, -0.1) is 11.6 Å². The summed E-state index contributed by atoms with van der Waals surface area (Å²) in [5.41, 5.74) is 0.596. The fourth-order valence-corrected chi connectivity index (χ4v) is 2.22. The monoisotopic (exact) mass is 327 g/mol. The molecule has 0 saturated heterocycles. The number of methoxy groups -OCH3 is 1. The number of nitrogens with zero attached hydrogens (tertiary/aromatic N) is 1. The second-order valence-corrected chi connectivity index (χ2v) is 4.75. The largest absolute Gasteiger partial charge is 0.497 e. The molecule has 0 aliphatic rings. The van der Waals surface area contributed by atoms with E-state index >= 15 is 0 Å². The number of ether oxygens (including phenoxy) is 2. The van der Waals surface area contributed by atoms with Gasteiger partial charge in [-0.3, -0.25) is 10.1 Å². The van der Waals surface area contributed by atoms with Crippen molar-refractivity contribution in [1.29, 1.82) is 0 Å². The Morgan fingerprint density at radius 3 is 2.48 bits per heavy atom. The minimum absolute atomic E-state index is 0.0778. The molecular weight excluding hydrogens is 317 g/mol. The summed E-state index contributed by atoms with van der Waals surface area (Å²) in [5, 5.41) is 11.5. The van der Waals surface area contributed by atoms with Crippen molar-refractivity contribution in [3.05, 3.63) is 57.1 Å². The zero-order valence-electron chi connectivity index (χ0n) is 11.0. The van der Waals surface area contributed by atoms with Gasteiger partial charge in [0, 0.05) is 23.0 Å². The highest BCUT2D eigenvalue weighted by Gasteiger charge is 2.17. The molecule has 0 aliphatic heterocycles. The molecule has 0 fully saturated rings. The minimum Gasteiger partial charge on any atom is -0.497 e. The van der Waals surface area contributed by atoms with Gasteiger partial charge in [0.15, 0.2) is 0 Å². The minimum atomic E-state index is -0.524. The Hall–Kier alpha value is -1.98. The number of halogens is 2. The molecule has 0 bridgehead atoms. The zero-order chi connectivity index (χ0) is 15.4. The van der Waals surface area contributed by atoms with Crippen LogP contribution in [0.3, 0.4) is 0 Å². The molecular formula is C14H11Cl2NO4. The van der Waals surface area contributed by atoms with E-state index in [9.17, 15) is 10.1 Å². The fourth-order valence-electron chi connectivity index (χ4n) is 1.68. The Balaban J connectivity index is 2.37. The molecule has 2 aromatic rings. The van der Waals surface area contributed by atoms with Crippen molar-refractivity contribution in [2.75, 3.05) is 7.11 Å². The molecule has 0 unspecified atom stereocenters. The summed E-state index contributed by atoms with van der Waals surface area (Å²) in [6.45, 7) is 0. The Kier molecular flexibility index (Phi) is 4.88. The molecule has 0 radical (unpaired) electrons. The highest BCUT2D eigenvalue weighted by atomic mass is 35.5. The first-order chi connectivity index (χ1) is 10.0. The molecule has 0 spiro atoms. The third-order valence-electron chi connectivity index (χ3n) is 2.76. The average Bonchev–Trinajstić information content (AvgIpc) is 2.47. The summed E-state index contributed by atoms with van der Waals surface area (Å²) in [4.78, 5) is 10.5. The maximum atomic E-state index is 11.0. The number of rotatable bonds is 5. The van der Waals surface area contributed by atoms with Crippen LogP contribution in [0.5, 0.6) is 17.2 Å². The number of hydrogen-bond acceptors (Lipinski definition) is 4. The van der Waals surface area contributed by atoms with Crippen molar-refractivity contribution in [1.82, 2.24) is 0 Å². The van der Waals surface area contributed by atoms with Gasteiger partial charge in [0.1, 0.15) is 11.5 Å².